The molecule has 2 amide bonds. The van der Waals surface area contributed by atoms with Crippen molar-refractivity contribution < 1.29 is 18.0 Å². The number of piperidine rings is 1. The van der Waals surface area contributed by atoms with E-state index in [9.17, 15) is 18.0 Å². The van der Waals surface area contributed by atoms with Crippen LogP contribution in [0.2, 0.25) is 0 Å². The summed E-state index contributed by atoms with van der Waals surface area (Å²) in [6.45, 7) is 6.50. The molecule has 2 aliphatic rings. The fourth-order valence-electron chi connectivity index (χ4n) is 4.81. The number of carbonyl (C=O) groups is 2. The monoisotopic (exact) mass is 469 g/mol. The van der Waals surface area contributed by atoms with Crippen molar-refractivity contribution >= 4 is 27.5 Å². The molecule has 2 aliphatic heterocycles. The summed E-state index contributed by atoms with van der Waals surface area (Å²) in [5.41, 5.74) is 3.82. The van der Waals surface area contributed by atoms with Gasteiger partial charge in [0.1, 0.15) is 0 Å². The maximum atomic E-state index is 13.4. The number of sulfonamides is 1. The van der Waals surface area contributed by atoms with Crippen LogP contribution in [0.3, 0.4) is 0 Å². The Kier molecular flexibility index (Phi) is 6.59. The topological polar surface area (TPSA) is 86.8 Å². The molecule has 1 N–H and O–H groups in total. The van der Waals surface area contributed by atoms with E-state index in [4.69, 9.17) is 0 Å². The van der Waals surface area contributed by atoms with Gasteiger partial charge >= 0.3 is 0 Å². The predicted octanol–water partition coefficient (Wildman–Crippen LogP) is 3.01. The molecule has 0 aliphatic carbocycles. The highest BCUT2D eigenvalue weighted by molar-refractivity contribution is 7.89. The molecule has 1 saturated heterocycles. The smallest absolute Gasteiger partial charge is 0.243 e. The number of fused-ring (bicyclic) bond motifs is 1. The van der Waals surface area contributed by atoms with Gasteiger partial charge in [-0.1, -0.05) is 29.8 Å². The Balaban J connectivity index is 1.45. The Labute approximate surface area is 195 Å². The summed E-state index contributed by atoms with van der Waals surface area (Å²) in [5, 5.41) is 2.96. The van der Waals surface area contributed by atoms with Gasteiger partial charge in [0.25, 0.3) is 0 Å². The molecule has 0 radical (unpaired) electrons. The van der Waals surface area contributed by atoms with E-state index in [1.54, 1.807) is 23.1 Å². The third-order valence-electron chi connectivity index (χ3n) is 6.59. The molecule has 7 nitrogen and oxygen atoms in total. The van der Waals surface area contributed by atoms with E-state index in [2.05, 4.69) is 5.32 Å². The number of benzene rings is 2. The van der Waals surface area contributed by atoms with Crippen LogP contribution in [-0.4, -0.2) is 43.7 Å². The highest BCUT2D eigenvalue weighted by Crippen LogP contribution is 2.35. The Hall–Kier alpha value is -2.71. The second kappa shape index (κ2) is 9.27. The molecular weight excluding hydrogens is 438 g/mol. The van der Waals surface area contributed by atoms with Crippen LogP contribution >= 0.6 is 0 Å². The van der Waals surface area contributed by atoms with Crippen molar-refractivity contribution in [3.05, 3.63) is 59.2 Å². The zero-order valence-electron chi connectivity index (χ0n) is 19.4. The Morgan fingerprint density at radius 1 is 1.12 bits per heavy atom. The number of carbonyl (C=O) groups excluding carboxylic acids is 2. The van der Waals surface area contributed by atoms with Gasteiger partial charge in [0, 0.05) is 38.3 Å². The Morgan fingerprint density at radius 2 is 1.85 bits per heavy atom. The lowest BCUT2D eigenvalue weighted by Crippen LogP contribution is -2.45. The summed E-state index contributed by atoms with van der Waals surface area (Å²) >= 11 is 0. The quantitative estimate of drug-likeness (QED) is 0.729. The van der Waals surface area contributed by atoms with Gasteiger partial charge in [-0.25, -0.2) is 8.42 Å². The average Bonchev–Trinajstić information content (AvgIpc) is 3.13. The molecule has 0 spiro atoms. The van der Waals surface area contributed by atoms with Crippen LogP contribution in [0.25, 0.3) is 0 Å². The molecule has 4 rings (SSSR count). The fraction of sp³-hybridized carbons (Fsp3) is 0.440. The fourth-order valence-corrected chi connectivity index (χ4v) is 6.39. The lowest BCUT2D eigenvalue weighted by Gasteiger charge is -2.31. The number of rotatable bonds is 5. The number of nitrogens with one attached hydrogen (secondary N) is 1. The molecule has 0 saturated carbocycles. The van der Waals surface area contributed by atoms with Gasteiger partial charge in [-0.15, -0.1) is 0 Å². The number of nitrogens with zero attached hydrogens (tertiary/aromatic N) is 2. The van der Waals surface area contributed by atoms with Crippen LogP contribution in [0.1, 0.15) is 43.4 Å². The maximum absolute atomic E-state index is 13.4. The van der Waals surface area contributed by atoms with Crippen LogP contribution < -0.4 is 10.2 Å². The number of aryl methyl sites for hydroxylation is 1. The second-order valence-electron chi connectivity index (χ2n) is 9.14. The third-order valence-corrected chi connectivity index (χ3v) is 8.45. The van der Waals surface area contributed by atoms with Crippen molar-refractivity contribution in [2.45, 2.75) is 57.5 Å². The van der Waals surface area contributed by atoms with E-state index >= 15 is 0 Å². The normalized spacial score (nSPS) is 21.0. The molecule has 33 heavy (non-hydrogen) atoms. The van der Waals surface area contributed by atoms with Gasteiger partial charge in [0.05, 0.1) is 10.8 Å². The van der Waals surface area contributed by atoms with E-state index in [0.717, 1.165) is 22.4 Å². The van der Waals surface area contributed by atoms with Gasteiger partial charge < -0.3 is 10.2 Å². The molecule has 2 aromatic carbocycles. The SMILES string of the molecule is CC(=O)N1c2ccc(S(=O)(=O)N3CCCC(C(=O)NCc4ccc(C)cc4)C3)cc2CC1C. The molecule has 2 aromatic rings. The summed E-state index contributed by atoms with van der Waals surface area (Å²) in [7, 11) is -3.73. The lowest BCUT2D eigenvalue weighted by molar-refractivity contribution is -0.126. The summed E-state index contributed by atoms with van der Waals surface area (Å²) in [5.74, 6) is -0.538. The number of anilines is 1. The highest BCUT2D eigenvalue weighted by Gasteiger charge is 2.35. The summed E-state index contributed by atoms with van der Waals surface area (Å²) in [4.78, 5) is 26.7. The van der Waals surface area contributed by atoms with Gasteiger partial charge in [0.15, 0.2) is 0 Å². The minimum atomic E-state index is -3.73. The zero-order chi connectivity index (χ0) is 23.8. The standard InChI is InChI=1S/C25H31N3O4S/c1-17-6-8-20(9-7-17)15-26-25(30)21-5-4-12-27(16-21)33(31,32)23-10-11-24-22(14-23)13-18(2)28(24)19(3)29/h6-11,14,18,21H,4-5,12-13,15-16H2,1-3H3,(H,26,30). The van der Waals surface area contributed by atoms with Gasteiger partial charge in [-0.05, 0) is 62.4 Å². The molecule has 2 heterocycles. The number of hydrogen-bond acceptors (Lipinski definition) is 4. The van der Waals surface area contributed by atoms with E-state index in [0.29, 0.717) is 32.4 Å². The lowest BCUT2D eigenvalue weighted by atomic mass is 9.98. The van der Waals surface area contributed by atoms with Gasteiger partial charge in [-0.3, -0.25) is 9.59 Å². The largest absolute Gasteiger partial charge is 0.352 e. The van der Waals surface area contributed by atoms with Crippen molar-refractivity contribution in [3.63, 3.8) is 0 Å². The average molecular weight is 470 g/mol. The van der Waals surface area contributed by atoms with Crippen LogP contribution in [0.5, 0.6) is 0 Å². The number of hydrogen-bond donors (Lipinski definition) is 1. The Morgan fingerprint density at radius 3 is 2.55 bits per heavy atom. The molecule has 0 aromatic heterocycles. The Bertz CT molecular complexity index is 1160. The predicted molar refractivity (Wildman–Crippen MR) is 127 cm³/mol. The summed E-state index contributed by atoms with van der Waals surface area (Å²) in [6, 6.07) is 13.0. The third kappa shape index (κ3) is 4.82. The zero-order valence-corrected chi connectivity index (χ0v) is 20.2. The van der Waals surface area contributed by atoms with Gasteiger partial charge in [-0.2, -0.15) is 4.31 Å². The summed E-state index contributed by atoms with van der Waals surface area (Å²) < 4.78 is 28.2. The minimum absolute atomic E-state index is 0.00652. The first-order valence-electron chi connectivity index (χ1n) is 11.4. The highest BCUT2D eigenvalue weighted by atomic mass is 32.2. The molecular formula is C25H31N3O4S. The van der Waals surface area contributed by atoms with Crippen LogP contribution in [-0.2, 0) is 32.6 Å². The maximum Gasteiger partial charge on any atom is 0.243 e. The van der Waals surface area contributed by atoms with Crippen molar-refractivity contribution in [3.8, 4) is 0 Å². The van der Waals surface area contributed by atoms with Crippen molar-refractivity contribution in [1.82, 2.24) is 9.62 Å². The first kappa shape index (κ1) is 23.4. The molecule has 1 fully saturated rings. The molecule has 176 valence electrons. The van der Waals surface area contributed by atoms with E-state index in [-0.39, 0.29) is 35.2 Å². The van der Waals surface area contributed by atoms with E-state index in [1.807, 2.05) is 38.1 Å². The van der Waals surface area contributed by atoms with Crippen molar-refractivity contribution in [2.24, 2.45) is 5.92 Å². The molecule has 8 heteroatoms. The first-order valence-corrected chi connectivity index (χ1v) is 12.9. The van der Waals surface area contributed by atoms with Crippen LogP contribution in [0, 0.1) is 12.8 Å². The molecule has 2 unspecified atom stereocenters. The minimum Gasteiger partial charge on any atom is -0.352 e. The number of amides is 2. The first-order chi connectivity index (χ1) is 15.7. The molecule has 0 bridgehead atoms. The van der Waals surface area contributed by atoms with Gasteiger partial charge in [0.2, 0.25) is 21.8 Å². The van der Waals surface area contributed by atoms with Crippen LogP contribution in [0.4, 0.5) is 5.69 Å². The van der Waals surface area contributed by atoms with Crippen molar-refractivity contribution in [2.75, 3.05) is 18.0 Å². The van der Waals surface area contributed by atoms with Crippen molar-refractivity contribution in [1.29, 1.82) is 0 Å². The second-order valence-corrected chi connectivity index (χ2v) is 11.1. The van der Waals surface area contributed by atoms with E-state index in [1.165, 1.54) is 11.2 Å². The molecule has 2 atom stereocenters. The summed E-state index contributed by atoms with van der Waals surface area (Å²) in [6.07, 6.45) is 1.94. The van der Waals surface area contributed by atoms with E-state index < -0.39 is 10.0 Å². The van der Waals surface area contributed by atoms with Crippen LogP contribution in [0.15, 0.2) is 47.4 Å².